The number of allylic oxidation sites excluding steroid dienone is 1. The third-order valence-corrected chi connectivity index (χ3v) is 4.28. The number of fused-ring (bicyclic) bond motifs is 5. The molecule has 0 radical (unpaired) electrons. The van der Waals surface area contributed by atoms with Crippen molar-refractivity contribution in [1.82, 2.24) is 9.88 Å². The van der Waals surface area contributed by atoms with Gasteiger partial charge >= 0.3 is 0 Å². The molecule has 0 saturated carbocycles. The van der Waals surface area contributed by atoms with Crippen molar-refractivity contribution in [2.45, 2.75) is 6.54 Å². The molecule has 1 aliphatic rings. The highest BCUT2D eigenvalue weighted by Gasteiger charge is 2.33. The van der Waals surface area contributed by atoms with E-state index in [1.165, 1.54) is 6.21 Å². The predicted molar refractivity (Wildman–Crippen MR) is 90.8 cm³/mol. The van der Waals surface area contributed by atoms with E-state index >= 15 is 0 Å². The van der Waals surface area contributed by atoms with Gasteiger partial charge in [-0.15, -0.1) is 6.58 Å². The second-order valence-electron chi connectivity index (χ2n) is 5.55. The van der Waals surface area contributed by atoms with Crippen LogP contribution in [0.4, 0.5) is 0 Å². The number of rotatable bonds is 3. The summed E-state index contributed by atoms with van der Waals surface area (Å²) in [4.78, 5) is 24.6. The maximum atomic E-state index is 12.4. The SMILES string of the molecule is C=CCn1c2ccccc2c2c3c(c(/C=N\O)cc21)C(=O)NC3=O. The fraction of sp³-hybridized carbons (Fsp3) is 0.0556. The van der Waals surface area contributed by atoms with Crippen LogP contribution in [0.15, 0.2) is 48.1 Å². The molecule has 2 aromatic carbocycles. The molecule has 1 aromatic heterocycles. The molecule has 118 valence electrons. The number of aromatic nitrogens is 1. The fourth-order valence-electron chi connectivity index (χ4n) is 3.41. The van der Waals surface area contributed by atoms with Gasteiger partial charge in [0.25, 0.3) is 11.8 Å². The van der Waals surface area contributed by atoms with E-state index in [-0.39, 0.29) is 5.56 Å². The summed E-state index contributed by atoms with van der Waals surface area (Å²) < 4.78 is 2.02. The molecule has 0 fully saturated rings. The highest BCUT2D eigenvalue weighted by molar-refractivity contribution is 6.32. The van der Waals surface area contributed by atoms with Crippen LogP contribution in [0.3, 0.4) is 0 Å². The van der Waals surface area contributed by atoms with Crippen molar-refractivity contribution >= 4 is 39.8 Å². The molecule has 0 saturated heterocycles. The van der Waals surface area contributed by atoms with Crippen molar-refractivity contribution in [3.63, 3.8) is 0 Å². The van der Waals surface area contributed by atoms with Gasteiger partial charge in [0.1, 0.15) is 0 Å². The lowest BCUT2D eigenvalue weighted by Crippen LogP contribution is -2.20. The van der Waals surface area contributed by atoms with Gasteiger partial charge in [0.2, 0.25) is 0 Å². The van der Waals surface area contributed by atoms with Crippen LogP contribution in [0.2, 0.25) is 0 Å². The molecule has 0 bridgehead atoms. The lowest BCUT2D eigenvalue weighted by Gasteiger charge is -2.06. The third kappa shape index (κ3) is 1.73. The maximum Gasteiger partial charge on any atom is 0.259 e. The van der Waals surface area contributed by atoms with E-state index in [2.05, 4.69) is 17.1 Å². The Balaban J connectivity index is 2.28. The smallest absolute Gasteiger partial charge is 0.259 e. The molecule has 1 aliphatic heterocycles. The monoisotopic (exact) mass is 319 g/mol. The molecule has 0 unspecified atom stereocenters. The standard InChI is InChI=1S/C18H13N3O3/c1-2-7-21-12-6-4-3-5-11(12)15-13(21)8-10(9-19-24)14-16(15)18(23)20-17(14)22/h2-6,8-9,24H,1,7H2,(H,20,22,23)/b19-9-. The first-order valence-corrected chi connectivity index (χ1v) is 7.39. The molecule has 6 nitrogen and oxygen atoms in total. The number of benzene rings is 2. The number of amides is 2. The van der Waals surface area contributed by atoms with E-state index in [0.29, 0.717) is 17.7 Å². The van der Waals surface area contributed by atoms with E-state index in [4.69, 9.17) is 5.21 Å². The lowest BCUT2D eigenvalue weighted by atomic mass is 9.97. The Morgan fingerprint density at radius 3 is 2.67 bits per heavy atom. The normalized spacial score (nSPS) is 13.8. The largest absolute Gasteiger partial charge is 0.411 e. The van der Waals surface area contributed by atoms with Gasteiger partial charge in [0, 0.05) is 28.4 Å². The topological polar surface area (TPSA) is 83.7 Å². The second kappa shape index (κ2) is 5.06. The molecule has 0 atom stereocenters. The number of carbonyl (C=O) groups excluding carboxylic acids is 2. The average molecular weight is 319 g/mol. The van der Waals surface area contributed by atoms with Gasteiger partial charge in [-0.1, -0.05) is 29.4 Å². The van der Waals surface area contributed by atoms with Gasteiger partial charge < -0.3 is 9.77 Å². The lowest BCUT2D eigenvalue weighted by molar-refractivity contribution is 0.0880. The number of nitrogens with one attached hydrogen (secondary N) is 1. The van der Waals surface area contributed by atoms with Crippen molar-refractivity contribution in [1.29, 1.82) is 0 Å². The van der Waals surface area contributed by atoms with Crippen LogP contribution in [-0.4, -0.2) is 27.8 Å². The first-order chi connectivity index (χ1) is 11.7. The summed E-state index contributed by atoms with van der Waals surface area (Å²) >= 11 is 0. The van der Waals surface area contributed by atoms with Crippen LogP contribution >= 0.6 is 0 Å². The molecule has 2 amide bonds. The van der Waals surface area contributed by atoms with E-state index in [0.717, 1.165) is 21.8 Å². The van der Waals surface area contributed by atoms with Gasteiger partial charge in [-0.2, -0.15) is 0 Å². The van der Waals surface area contributed by atoms with Crippen LogP contribution in [0.5, 0.6) is 0 Å². The molecular weight excluding hydrogens is 306 g/mol. The minimum absolute atomic E-state index is 0.242. The van der Waals surface area contributed by atoms with Gasteiger partial charge in [-0.05, 0) is 12.1 Å². The Morgan fingerprint density at radius 2 is 1.92 bits per heavy atom. The quantitative estimate of drug-likeness (QED) is 0.256. The molecular formula is C18H13N3O3. The van der Waals surface area contributed by atoms with Crippen molar-refractivity contribution in [3.8, 4) is 0 Å². The predicted octanol–water partition coefficient (Wildman–Crippen LogP) is 2.67. The van der Waals surface area contributed by atoms with Crippen molar-refractivity contribution in [2.75, 3.05) is 0 Å². The van der Waals surface area contributed by atoms with Crippen LogP contribution < -0.4 is 5.32 Å². The Bertz CT molecular complexity index is 1080. The number of carbonyl (C=O) groups is 2. The molecule has 4 rings (SSSR count). The fourth-order valence-corrected chi connectivity index (χ4v) is 3.41. The molecule has 6 heteroatoms. The van der Waals surface area contributed by atoms with Crippen molar-refractivity contribution in [3.05, 3.63) is 59.7 Å². The van der Waals surface area contributed by atoms with Gasteiger partial charge in [0.15, 0.2) is 0 Å². The molecule has 2 heterocycles. The molecule has 0 spiro atoms. The summed E-state index contributed by atoms with van der Waals surface area (Å²) in [5.41, 5.74) is 2.70. The number of hydrogen-bond acceptors (Lipinski definition) is 4. The second-order valence-corrected chi connectivity index (χ2v) is 5.55. The first-order valence-electron chi connectivity index (χ1n) is 7.39. The Kier molecular flexibility index (Phi) is 2.99. The zero-order chi connectivity index (χ0) is 16.8. The number of oxime groups is 1. The van der Waals surface area contributed by atoms with Crippen LogP contribution in [0.25, 0.3) is 21.8 Å². The Hall–Kier alpha value is -3.41. The summed E-state index contributed by atoms with van der Waals surface area (Å²) in [5, 5.41) is 15.9. The third-order valence-electron chi connectivity index (χ3n) is 4.28. The molecule has 0 aliphatic carbocycles. The van der Waals surface area contributed by atoms with E-state index in [1.807, 2.05) is 28.8 Å². The van der Waals surface area contributed by atoms with Crippen molar-refractivity contribution < 1.29 is 14.8 Å². The summed E-state index contributed by atoms with van der Waals surface area (Å²) in [5.74, 6) is -0.915. The van der Waals surface area contributed by atoms with E-state index in [1.54, 1.807) is 12.1 Å². The van der Waals surface area contributed by atoms with Gasteiger partial charge in [-0.25, -0.2) is 0 Å². The first kappa shape index (κ1) is 14.2. The van der Waals surface area contributed by atoms with E-state index < -0.39 is 11.8 Å². The molecule has 24 heavy (non-hydrogen) atoms. The summed E-state index contributed by atoms with van der Waals surface area (Å²) in [6.45, 7) is 4.34. The number of imide groups is 1. The number of para-hydroxylation sites is 1. The van der Waals surface area contributed by atoms with Gasteiger partial charge in [-0.3, -0.25) is 14.9 Å². The number of nitrogens with zero attached hydrogens (tertiary/aromatic N) is 2. The summed E-state index contributed by atoms with van der Waals surface area (Å²) in [6.07, 6.45) is 2.94. The van der Waals surface area contributed by atoms with E-state index in [9.17, 15) is 9.59 Å². The molecule has 3 aromatic rings. The Morgan fingerprint density at radius 1 is 1.17 bits per heavy atom. The zero-order valence-corrected chi connectivity index (χ0v) is 12.6. The highest BCUT2D eigenvalue weighted by Crippen LogP contribution is 2.36. The minimum Gasteiger partial charge on any atom is -0.411 e. The van der Waals surface area contributed by atoms with Crippen LogP contribution in [-0.2, 0) is 6.54 Å². The summed E-state index contributed by atoms with van der Waals surface area (Å²) in [6, 6.07) is 9.45. The van der Waals surface area contributed by atoms with Crippen LogP contribution in [0.1, 0.15) is 26.3 Å². The van der Waals surface area contributed by atoms with Crippen LogP contribution in [0, 0.1) is 0 Å². The van der Waals surface area contributed by atoms with Gasteiger partial charge in [0.05, 0.1) is 22.9 Å². The minimum atomic E-state index is -0.479. The highest BCUT2D eigenvalue weighted by atomic mass is 16.4. The Labute approximate surface area is 136 Å². The van der Waals surface area contributed by atoms with Crippen molar-refractivity contribution in [2.24, 2.45) is 5.16 Å². The summed E-state index contributed by atoms with van der Waals surface area (Å²) in [7, 11) is 0. The number of hydrogen-bond donors (Lipinski definition) is 2. The maximum absolute atomic E-state index is 12.4. The molecule has 2 N–H and O–H groups in total. The average Bonchev–Trinajstić information content (AvgIpc) is 3.04. The zero-order valence-electron chi connectivity index (χ0n) is 12.6.